The van der Waals surface area contributed by atoms with Gasteiger partial charge in [0.15, 0.2) is 0 Å². The molecular weight excluding hydrogens is 268 g/mol. The zero-order valence-corrected chi connectivity index (χ0v) is 13.4. The molecule has 22 heavy (non-hydrogen) atoms. The smallest absolute Gasteiger partial charge is 0.0786 e. The summed E-state index contributed by atoms with van der Waals surface area (Å²) in [5.41, 5.74) is 4.96. The molecule has 1 unspecified atom stereocenters. The first-order valence-electron chi connectivity index (χ1n) is 8.77. The topological polar surface area (TPSA) is 8.17 Å². The van der Waals surface area contributed by atoms with E-state index in [4.69, 9.17) is 0 Å². The lowest BCUT2D eigenvalue weighted by Gasteiger charge is -2.43. The van der Waals surface area contributed by atoms with E-state index in [9.17, 15) is 0 Å². The normalized spacial score (nSPS) is 28.3. The minimum atomic E-state index is 0.162. The summed E-state index contributed by atoms with van der Waals surface area (Å²) in [6, 6.07) is 13.5. The number of aromatic nitrogens is 1. The fraction of sp³-hybridized carbons (Fsp3) is 0.500. The molecule has 2 heteroatoms. The molecule has 1 aromatic heterocycles. The summed E-state index contributed by atoms with van der Waals surface area (Å²) < 4.78 is 2.42. The molecule has 0 N–H and O–H groups in total. The summed E-state index contributed by atoms with van der Waals surface area (Å²) in [6.07, 6.45) is 10.7. The van der Waals surface area contributed by atoms with Crippen LogP contribution in [0.4, 0.5) is 5.69 Å². The molecule has 1 aliphatic carbocycles. The molecule has 3 heterocycles. The van der Waals surface area contributed by atoms with E-state index in [1.54, 1.807) is 0 Å². The van der Waals surface area contributed by atoms with Crippen LogP contribution in [0.2, 0.25) is 0 Å². The number of hydrogen-bond donors (Lipinski definition) is 0. The Labute approximate surface area is 132 Å². The van der Waals surface area contributed by atoms with Gasteiger partial charge in [0.2, 0.25) is 0 Å². The van der Waals surface area contributed by atoms with Gasteiger partial charge in [-0.2, -0.15) is 0 Å². The number of anilines is 1. The van der Waals surface area contributed by atoms with Gasteiger partial charge in [-0.15, -0.1) is 0 Å². The van der Waals surface area contributed by atoms with Crippen molar-refractivity contribution in [3.8, 4) is 5.69 Å². The third kappa shape index (κ3) is 1.51. The lowest BCUT2D eigenvalue weighted by molar-refractivity contribution is 0.200. The molecule has 5 rings (SSSR count). The van der Waals surface area contributed by atoms with Gasteiger partial charge in [0.05, 0.1) is 16.9 Å². The summed E-state index contributed by atoms with van der Waals surface area (Å²) >= 11 is 0. The lowest BCUT2D eigenvalue weighted by atomic mass is 9.70. The summed E-state index contributed by atoms with van der Waals surface area (Å²) in [4.78, 5) is 2.73. The number of fused-ring (bicyclic) bond motifs is 6. The largest absolute Gasteiger partial charge is 0.358 e. The first-order valence-corrected chi connectivity index (χ1v) is 8.77. The lowest BCUT2D eigenvalue weighted by Crippen LogP contribution is -2.43. The quantitative estimate of drug-likeness (QED) is 0.672. The van der Waals surface area contributed by atoms with E-state index >= 15 is 0 Å². The summed E-state index contributed by atoms with van der Waals surface area (Å²) in [7, 11) is 0. The zero-order valence-electron chi connectivity index (χ0n) is 13.4. The summed E-state index contributed by atoms with van der Waals surface area (Å²) in [6.45, 7) is 3.71. The molecule has 0 bridgehead atoms. The molecule has 2 nitrogen and oxygen atoms in total. The van der Waals surface area contributed by atoms with Gasteiger partial charge in [0.1, 0.15) is 0 Å². The highest BCUT2D eigenvalue weighted by molar-refractivity contribution is 5.69. The van der Waals surface area contributed by atoms with Crippen LogP contribution >= 0.6 is 0 Å². The van der Waals surface area contributed by atoms with Gasteiger partial charge in [-0.1, -0.05) is 31.4 Å². The summed E-state index contributed by atoms with van der Waals surface area (Å²) in [5.74, 6) is 0. The Kier molecular flexibility index (Phi) is 2.44. The van der Waals surface area contributed by atoms with E-state index in [1.165, 1.54) is 62.1 Å². The molecule has 1 saturated heterocycles. The fourth-order valence-electron chi connectivity index (χ4n) is 5.53. The minimum Gasteiger partial charge on any atom is -0.358 e. The third-order valence-corrected chi connectivity index (χ3v) is 6.46. The fourth-order valence-corrected chi connectivity index (χ4v) is 5.53. The molecule has 2 fully saturated rings. The number of hydrogen-bond acceptors (Lipinski definition) is 1. The van der Waals surface area contributed by atoms with Crippen molar-refractivity contribution >= 4 is 5.69 Å². The van der Waals surface area contributed by atoms with E-state index in [0.29, 0.717) is 5.41 Å². The van der Waals surface area contributed by atoms with Gasteiger partial charge in [-0.3, -0.25) is 0 Å². The molecule has 0 radical (unpaired) electrons. The SMILES string of the molecule is CC12CC3(CCCCC3)CN1c1ccccc1-n1cccc12. The predicted octanol–water partition coefficient (Wildman–Crippen LogP) is 4.87. The first kappa shape index (κ1) is 12.8. The first-order chi connectivity index (χ1) is 10.7. The second-order valence-electron chi connectivity index (χ2n) is 7.85. The number of nitrogens with zero attached hydrogens (tertiary/aromatic N) is 2. The van der Waals surface area contributed by atoms with Gasteiger partial charge in [-0.25, -0.2) is 0 Å². The highest BCUT2D eigenvalue weighted by Crippen LogP contribution is 2.58. The van der Waals surface area contributed by atoms with Crippen LogP contribution in [0.15, 0.2) is 42.6 Å². The maximum absolute atomic E-state index is 2.73. The van der Waals surface area contributed by atoms with Gasteiger partial charge in [-0.05, 0) is 55.9 Å². The number of rotatable bonds is 0. The van der Waals surface area contributed by atoms with Gasteiger partial charge in [0, 0.05) is 18.4 Å². The molecule has 3 aliphatic rings. The molecule has 1 saturated carbocycles. The van der Waals surface area contributed by atoms with Crippen molar-refractivity contribution in [2.45, 2.75) is 51.0 Å². The van der Waals surface area contributed by atoms with Crippen LogP contribution in [0.25, 0.3) is 5.69 Å². The van der Waals surface area contributed by atoms with Crippen molar-refractivity contribution in [1.82, 2.24) is 4.57 Å². The monoisotopic (exact) mass is 292 g/mol. The third-order valence-electron chi connectivity index (χ3n) is 6.46. The Morgan fingerprint density at radius 1 is 0.909 bits per heavy atom. The van der Waals surface area contributed by atoms with Crippen LogP contribution in [-0.2, 0) is 5.54 Å². The second-order valence-corrected chi connectivity index (χ2v) is 7.85. The Morgan fingerprint density at radius 2 is 1.68 bits per heavy atom. The zero-order chi connectivity index (χ0) is 14.8. The predicted molar refractivity (Wildman–Crippen MR) is 90.6 cm³/mol. The van der Waals surface area contributed by atoms with Crippen LogP contribution in [0, 0.1) is 5.41 Å². The molecule has 1 spiro atoms. The van der Waals surface area contributed by atoms with Crippen molar-refractivity contribution in [1.29, 1.82) is 0 Å². The molecule has 1 aromatic carbocycles. The molecule has 2 aromatic rings. The van der Waals surface area contributed by atoms with E-state index in [-0.39, 0.29) is 5.54 Å². The van der Waals surface area contributed by atoms with Crippen molar-refractivity contribution in [2.24, 2.45) is 5.41 Å². The highest BCUT2D eigenvalue weighted by Gasteiger charge is 2.54. The van der Waals surface area contributed by atoms with Crippen molar-refractivity contribution in [2.75, 3.05) is 11.4 Å². The molecule has 2 aliphatic heterocycles. The Bertz CT molecular complexity index is 723. The van der Waals surface area contributed by atoms with Crippen LogP contribution < -0.4 is 4.90 Å². The maximum Gasteiger partial charge on any atom is 0.0786 e. The van der Waals surface area contributed by atoms with Crippen molar-refractivity contribution in [3.63, 3.8) is 0 Å². The number of benzene rings is 1. The van der Waals surface area contributed by atoms with Crippen LogP contribution in [0.1, 0.15) is 51.1 Å². The number of para-hydroxylation sites is 2. The van der Waals surface area contributed by atoms with Crippen LogP contribution in [0.3, 0.4) is 0 Å². The van der Waals surface area contributed by atoms with Crippen molar-refractivity contribution in [3.05, 3.63) is 48.3 Å². The highest BCUT2D eigenvalue weighted by atomic mass is 15.3. The van der Waals surface area contributed by atoms with Gasteiger partial charge < -0.3 is 9.47 Å². The van der Waals surface area contributed by atoms with E-state index < -0.39 is 0 Å². The Hall–Kier alpha value is -1.70. The van der Waals surface area contributed by atoms with Gasteiger partial charge in [0.25, 0.3) is 0 Å². The van der Waals surface area contributed by atoms with E-state index in [1.807, 2.05) is 0 Å². The average molecular weight is 292 g/mol. The van der Waals surface area contributed by atoms with Gasteiger partial charge >= 0.3 is 0 Å². The summed E-state index contributed by atoms with van der Waals surface area (Å²) in [5, 5.41) is 0. The minimum absolute atomic E-state index is 0.162. The van der Waals surface area contributed by atoms with E-state index in [2.05, 4.69) is 59.0 Å². The van der Waals surface area contributed by atoms with Crippen molar-refractivity contribution < 1.29 is 0 Å². The maximum atomic E-state index is 2.73. The second kappa shape index (κ2) is 4.18. The molecule has 1 atom stereocenters. The molecule has 114 valence electrons. The Balaban J connectivity index is 1.70. The molecular formula is C20H24N2. The average Bonchev–Trinajstić information content (AvgIpc) is 3.12. The van der Waals surface area contributed by atoms with Crippen LogP contribution in [0.5, 0.6) is 0 Å². The van der Waals surface area contributed by atoms with Crippen LogP contribution in [-0.4, -0.2) is 11.1 Å². The van der Waals surface area contributed by atoms with E-state index in [0.717, 1.165) is 0 Å². The Morgan fingerprint density at radius 3 is 2.50 bits per heavy atom. The molecule has 0 amide bonds. The standard InChI is InChI=1S/C20H24N2/c1-19-14-20(11-5-2-6-12-20)15-22(19)17-9-4-3-8-16(17)21-13-7-10-18(19)21/h3-4,7-10,13H,2,5-6,11-12,14-15H2,1H3.